The van der Waals surface area contributed by atoms with Gasteiger partial charge >= 0.3 is 0 Å². The summed E-state index contributed by atoms with van der Waals surface area (Å²) in [4.78, 5) is 12.6. The lowest BCUT2D eigenvalue weighted by Gasteiger charge is -2.34. The molecule has 2 aliphatic rings. The number of carbonyl (C=O) groups is 1. The standard InChI is InChI=1S/C20H30N2O3/c1-24-20(11-13-21-14-12-20)19(23)22-15-16-7-9-18(10-8-16)25-17-5-3-2-4-6-17/h7-10,17,21H,2-6,11-15H2,1H3,(H,22,23). The second-order valence-corrected chi connectivity index (χ2v) is 7.15. The molecule has 5 heteroatoms. The minimum atomic E-state index is -0.685. The van der Waals surface area contributed by atoms with Crippen molar-refractivity contribution in [3.05, 3.63) is 29.8 Å². The fourth-order valence-corrected chi connectivity index (χ4v) is 3.76. The molecule has 1 aliphatic carbocycles. The van der Waals surface area contributed by atoms with Gasteiger partial charge in [-0.2, -0.15) is 0 Å². The number of methoxy groups -OCH3 is 1. The Kier molecular flexibility index (Phi) is 6.32. The summed E-state index contributed by atoms with van der Waals surface area (Å²) in [7, 11) is 1.63. The van der Waals surface area contributed by atoms with E-state index in [-0.39, 0.29) is 5.91 Å². The van der Waals surface area contributed by atoms with Crippen molar-refractivity contribution in [2.24, 2.45) is 0 Å². The van der Waals surface area contributed by atoms with Crippen molar-refractivity contribution >= 4 is 5.91 Å². The summed E-state index contributed by atoms with van der Waals surface area (Å²) < 4.78 is 11.6. The van der Waals surface area contributed by atoms with E-state index in [4.69, 9.17) is 9.47 Å². The number of piperidine rings is 1. The fourth-order valence-electron chi connectivity index (χ4n) is 3.76. The molecule has 1 amide bonds. The van der Waals surface area contributed by atoms with Crippen LogP contribution in [-0.4, -0.2) is 37.8 Å². The summed E-state index contributed by atoms with van der Waals surface area (Å²) in [5.41, 5.74) is 0.388. The molecule has 1 aromatic carbocycles. The molecule has 1 saturated carbocycles. The molecule has 0 spiro atoms. The fraction of sp³-hybridized carbons (Fsp3) is 0.650. The number of benzene rings is 1. The third-order valence-electron chi connectivity index (χ3n) is 5.45. The van der Waals surface area contributed by atoms with E-state index >= 15 is 0 Å². The van der Waals surface area contributed by atoms with Gasteiger partial charge in [-0.15, -0.1) is 0 Å². The Morgan fingerprint density at radius 1 is 1.16 bits per heavy atom. The summed E-state index contributed by atoms with van der Waals surface area (Å²) in [5, 5.41) is 6.30. The van der Waals surface area contributed by atoms with Gasteiger partial charge in [0.1, 0.15) is 11.4 Å². The highest BCUT2D eigenvalue weighted by atomic mass is 16.5. The second kappa shape index (κ2) is 8.68. The summed E-state index contributed by atoms with van der Waals surface area (Å²) in [5.74, 6) is 0.910. The van der Waals surface area contributed by atoms with Crippen LogP contribution in [0.25, 0.3) is 0 Å². The van der Waals surface area contributed by atoms with Crippen molar-refractivity contribution in [2.45, 2.75) is 63.2 Å². The SMILES string of the molecule is COC1(C(=O)NCc2ccc(OC3CCCCC3)cc2)CCNCC1. The molecule has 5 nitrogen and oxygen atoms in total. The molecule has 0 aromatic heterocycles. The normalized spacial score (nSPS) is 20.8. The van der Waals surface area contributed by atoms with Crippen LogP contribution in [0.2, 0.25) is 0 Å². The van der Waals surface area contributed by atoms with Gasteiger partial charge in [-0.25, -0.2) is 0 Å². The Hall–Kier alpha value is -1.59. The lowest BCUT2D eigenvalue weighted by atomic mass is 9.91. The van der Waals surface area contributed by atoms with Gasteiger partial charge in [0.15, 0.2) is 0 Å². The van der Waals surface area contributed by atoms with Gasteiger partial charge in [0.25, 0.3) is 5.91 Å². The number of amides is 1. The Morgan fingerprint density at radius 3 is 2.48 bits per heavy atom. The van der Waals surface area contributed by atoms with Gasteiger partial charge in [0.2, 0.25) is 0 Å². The van der Waals surface area contributed by atoms with Crippen LogP contribution in [-0.2, 0) is 16.1 Å². The molecular formula is C20H30N2O3. The van der Waals surface area contributed by atoms with Gasteiger partial charge in [0.05, 0.1) is 6.10 Å². The molecule has 1 aliphatic heterocycles. The van der Waals surface area contributed by atoms with E-state index in [1.165, 1.54) is 19.3 Å². The minimum absolute atomic E-state index is 0.0148. The molecule has 1 saturated heterocycles. The van der Waals surface area contributed by atoms with Crippen molar-refractivity contribution in [3.63, 3.8) is 0 Å². The molecule has 2 fully saturated rings. The zero-order chi connectivity index (χ0) is 17.5. The van der Waals surface area contributed by atoms with Gasteiger partial charge < -0.3 is 20.1 Å². The third kappa shape index (κ3) is 4.73. The molecule has 138 valence electrons. The number of hydrogen-bond acceptors (Lipinski definition) is 4. The Labute approximate surface area is 150 Å². The zero-order valence-corrected chi connectivity index (χ0v) is 15.2. The Bertz CT molecular complexity index is 547. The van der Waals surface area contributed by atoms with Gasteiger partial charge in [-0.3, -0.25) is 4.79 Å². The molecule has 0 atom stereocenters. The van der Waals surface area contributed by atoms with E-state index in [0.29, 0.717) is 25.5 Å². The van der Waals surface area contributed by atoms with Gasteiger partial charge in [-0.05, 0) is 69.3 Å². The van der Waals surface area contributed by atoms with Crippen LogP contribution in [0.1, 0.15) is 50.5 Å². The average Bonchev–Trinajstić information content (AvgIpc) is 2.68. The molecule has 3 rings (SSSR count). The molecule has 0 bridgehead atoms. The number of ether oxygens (including phenoxy) is 2. The maximum absolute atomic E-state index is 12.6. The van der Waals surface area contributed by atoms with E-state index < -0.39 is 5.60 Å². The van der Waals surface area contributed by atoms with E-state index in [1.807, 2.05) is 24.3 Å². The van der Waals surface area contributed by atoms with Gasteiger partial charge in [-0.1, -0.05) is 18.6 Å². The van der Waals surface area contributed by atoms with E-state index in [0.717, 1.165) is 37.2 Å². The summed E-state index contributed by atoms with van der Waals surface area (Å²) in [6.45, 7) is 2.14. The van der Waals surface area contributed by atoms with Crippen molar-refractivity contribution in [1.82, 2.24) is 10.6 Å². The Morgan fingerprint density at radius 2 is 1.84 bits per heavy atom. The predicted octanol–water partition coefficient (Wildman–Crippen LogP) is 2.78. The molecule has 25 heavy (non-hydrogen) atoms. The smallest absolute Gasteiger partial charge is 0.252 e. The van der Waals surface area contributed by atoms with E-state index in [2.05, 4.69) is 10.6 Å². The van der Waals surface area contributed by atoms with Crippen LogP contribution in [0.15, 0.2) is 24.3 Å². The topological polar surface area (TPSA) is 59.6 Å². The van der Waals surface area contributed by atoms with Crippen molar-refractivity contribution in [1.29, 1.82) is 0 Å². The first-order valence-corrected chi connectivity index (χ1v) is 9.52. The first-order valence-electron chi connectivity index (χ1n) is 9.52. The maximum atomic E-state index is 12.6. The number of carbonyl (C=O) groups excluding carboxylic acids is 1. The van der Waals surface area contributed by atoms with Crippen LogP contribution in [0.5, 0.6) is 5.75 Å². The lowest BCUT2D eigenvalue weighted by molar-refractivity contribution is -0.146. The number of hydrogen-bond donors (Lipinski definition) is 2. The van der Waals surface area contributed by atoms with Crippen molar-refractivity contribution in [3.8, 4) is 5.75 Å². The van der Waals surface area contributed by atoms with Crippen LogP contribution >= 0.6 is 0 Å². The van der Waals surface area contributed by atoms with Crippen LogP contribution in [0.3, 0.4) is 0 Å². The largest absolute Gasteiger partial charge is 0.490 e. The van der Waals surface area contributed by atoms with Crippen molar-refractivity contribution in [2.75, 3.05) is 20.2 Å². The van der Waals surface area contributed by atoms with Crippen LogP contribution < -0.4 is 15.4 Å². The molecule has 2 N–H and O–H groups in total. The first-order chi connectivity index (χ1) is 12.2. The van der Waals surface area contributed by atoms with Crippen molar-refractivity contribution < 1.29 is 14.3 Å². The van der Waals surface area contributed by atoms with Gasteiger partial charge in [0, 0.05) is 13.7 Å². The van der Waals surface area contributed by atoms with Crippen LogP contribution in [0, 0.1) is 0 Å². The average molecular weight is 346 g/mol. The molecule has 0 unspecified atom stereocenters. The monoisotopic (exact) mass is 346 g/mol. The molecule has 1 heterocycles. The predicted molar refractivity (Wildman–Crippen MR) is 97.6 cm³/mol. The zero-order valence-electron chi connectivity index (χ0n) is 15.2. The second-order valence-electron chi connectivity index (χ2n) is 7.15. The van der Waals surface area contributed by atoms with Crippen LogP contribution in [0.4, 0.5) is 0 Å². The molecular weight excluding hydrogens is 316 g/mol. The highest BCUT2D eigenvalue weighted by molar-refractivity contribution is 5.85. The highest BCUT2D eigenvalue weighted by Gasteiger charge is 2.39. The van der Waals surface area contributed by atoms with E-state index in [9.17, 15) is 4.79 Å². The number of rotatable bonds is 6. The summed E-state index contributed by atoms with van der Waals surface area (Å²) in [6.07, 6.45) is 7.97. The molecule has 1 aromatic rings. The number of nitrogens with one attached hydrogen (secondary N) is 2. The Balaban J connectivity index is 1.50. The third-order valence-corrected chi connectivity index (χ3v) is 5.45. The minimum Gasteiger partial charge on any atom is -0.490 e. The first kappa shape index (κ1) is 18.2. The summed E-state index contributed by atoms with van der Waals surface area (Å²) in [6, 6.07) is 8.07. The lowest BCUT2D eigenvalue weighted by Crippen LogP contribution is -2.53. The van der Waals surface area contributed by atoms with E-state index in [1.54, 1.807) is 7.11 Å². The molecule has 0 radical (unpaired) electrons. The highest BCUT2D eigenvalue weighted by Crippen LogP contribution is 2.24. The summed E-state index contributed by atoms with van der Waals surface area (Å²) >= 11 is 0. The quantitative estimate of drug-likeness (QED) is 0.832. The maximum Gasteiger partial charge on any atom is 0.252 e.